The van der Waals surface area contributed by atoms with Gasteiger partial charge in [-0.2, -0.15) is 11.8 Å². The number of aliphatic hydroxyl groups is 1. The minimum absolute atomic E-state index is 0.0728. The van der Waals surface area contributed by atoms with Gasteiger partial charge in [-0.15, -0.1) is 0 Å². The molecular weight excluding hydrogens is 472 g/mol. The van der Waals surface area contributed by atoms with E-state index in [2.05, 4.69) is 16.0 Å². The van der Waals surface area contributed by atoms with Crippen molar-refractivity contribution in [3.63, 3.8) is 0 Å². The number of carboxylic acids is 1. The van der Waals surface area contributed by atoms with Crippen LogP contribution in [0, 0.1) is 5.92 Å². The molecule has 0 fully saturated rings. The number of benzene rings is 1. The molecule has 0 saturated heterocycles. The second kappa shape index (κ2) is 15.4. The van der Waals surface area contributed by atoms with E-state index < -0.39 is 54.0 Å². The maximum atomic E-state index is 13.1. The number of nitrogens with two attached hydrogens (primary N) is 1. The molecule has 0 radical (unpaired) electrons. The molecule has 35 heavy (non-hydrogen) atoms. The van der Waals surface area contributed by atoms with E-state index in [1.807, 2.05) is 13.2 Å². The molecule has 1 aromatic carbocycles. The largest absolute Gasteiger partial charge is 0.480 e. The summed E-state index contributed by atoms with van der Waals surface area (Å²) in [4.78, 5) is 50.2. The fourth-order valence-corrected chi connectivity index (χ4v) is 3.79. The second-order valence-electron chi connectivity index (χ2n) is 8.58. The minimum atomic E-state index is -1.33. The van der Waals surface area contributed by atoms with Crippen molar-refractivity contribution in [2.75, 3.05) is 12.0 Å². The number of carboxylic acid groups (broad SMARTS) is 1. The molecule has 1 aromatic rings. The van der Waals surface area contributed by atoms with Crippen molar-refractivity contribution < 1.29 is 29.4 Å². The Kier molecular flexibility index (Phi) is 13.4. The van der Waals surface area contributed by atoms with Crippen molar-refractivity contribution in [3.8, 4) is 0 Å². The highest BCUT2D eigenvalue weighted by molar-refractivity contribution is 7.98. The number of hydrogen-bond acceptors (Lipinski definition) is 7. The molecule has 6 atom stereocenters. The average Bonchev–Trinajstić information content (AvgIpc) is 2.83. The first-order valence-electron chi connectivity index (χ1n) is 11.6. The van der Waals surface area contributed by atoms with Crippen LogP contribution >= 0.6 is 11.8 Å². The Morgan fingerprint density at radius 1 is 0.971 bits per heavy atom. The van der Waals surface area contributed by atoms with E-state index in [4.69, 9.17) is 5.73 Å². The quantitative estimate of drug-likeness (QED) is 0.195. The first kappa shape index (κ1) is 30.4. The Labute approximate surface area is 210 Å². The van der Waals surface area contributed by atoms with Crippen LogP contribution in [0.15, 0.2) is 30.3 Å². The summed E-state index contributed by atoms with van der Waals surface area (Å²) in [6, 6.07) is 4.42. The number of aliphatic hydroxyl groups excluding tert-OH is 1. The molecule has 1 rings (SSSR count). The number of aliphatic carboxylic acids is 1. The van der Waals surface area contributed by atoms with Gasteiger partial charge in [0, 0.05) is 6.42 Å². The predicted molar refractivity (Wildman–Crippen MR) is 136 cm³/mol. The average molecular weight is 511 g/mol. The zero-order valence-electron chi connectivity index (χ0n) is 20.7. The predicted octanol–water partition coefficient (Wildman–Crippen LogP) is 0.275. The number of thioether (sulfide) groups is 1. The Morgan fingerprint density at radius 3 is 2.06 bits per heavy atom. The molecule has 10 nitrogen and oxygen atoms in total. The van der Waals surface area contributed by atoms with Gasteiger partial charge in [-0.1, -0.05) is 50.6 Å². The Morgan fingerprint density at radius 2 is 1.54 bits per heavy atom. The molecule has 0 aliphatic heterocycles. The van der Waals surface area contributed by atoms with Crippen LogP contribution in [0.2, 0.25) is 0 Å². The zero-order chi connectivity index (χ0) is 26.5. The Bertz CT molecular complexity index is 839. The van der Waals surface area contributed by atoms with Crippen LogP contribution in [0.5, 0.6) is 0 Å². The molecule has 196 valence electrons. The van der Waals surface area contributed by atoms with Gasteiger partial charge in [-0.25, -0.2) is 4.79 Å². The van der Waals surface area contributed by atoms with Crippen LogP contribution in [0.4, 0.5) is 0 Å². The van der Waals surface area contributed by atoms with E-state index in [1.165, 1.54) is 18.7 Å². The number of hydrogen-bond donors (Lipinski definition) is 6. The van der Waals surface area contributed by atoms with E-state index in [1.54, 1.807) is 37.3 Å². The molecule has 0 aliphatic rings. The highest BCUT2D eigenvalue weighted by Gasteiger charge is 2.34. The van der Waals surface area contributed by atoms with Crippen LogP contribution in [0.3, 0.4) is 0 Å². The molecule has 0 saturated carbocycles. The fraction of sp³-hybridized carbons (Fsp3) is 0.583. The number of carbonyl (C=O) groups is 4. The molecule has 7 N–H and O–H groups in total. The lowest BCUT2D eigenvalue weighted by atomic mass is 9.96. The zero-order valence-corrected chi connectivity index (χ0v) is 21.5. The lowest BCUT2D eigenvalue weighted by Gasteiger charge is -2.29. The summed E-state index contributed by atoms with van der Waals surface area (Å²) in [5, 5.41) is 27.3. The molecule has 11 heteroatoms. The van der Waals surface area contributed by atoms with Crippen LogP contribution < -0.4 is 21.7 Å². The Balaban J connectivity index is 2.97. The standard InChI is InChI=1S/C24H38N4O6S/c1-5-14(2)19(22(31)26-18(24(33)34)13-16-9-7-6-8-10-16)27-23(32)20(15(3)29)28-21(30)17(25)11-12-35-4/h6-10,14-15,17-20,29H,5,11-13,25H2,1-4H3,(H,26,31)(H,27,32)(H,28,30)(H,33,34). The molecule has 0 spiro atoms. The monoisotopic (exact) mass is 510 g/mol. The number of carbonyl (C=O) groups excluding carboxylic acids is 3. The molecule has 3 amide bonds. The summed E-state index contributed by atoms with van der Waals surface area (Å²) in [5.41, 5.74) is 6.59. The van der Waals surface area contributed by atoms with Gasteiger partial charge in [0.2, 0.25) is 17.7 Å². The van der Waals surface area contributed by atoms with Crippen LogP contribution in [-0.4, -0.2) is 76.2 Å². The highest BCUT2D eigenvalue weighted by atomic mass is 32.2. The molecular formula is C24H38N4O6S. The van der Waals surface area contributed by atoms with Crippen LogP contribution in [0.25, 0.3) is 0 Å². The van der Waals surface area contributed by atoms with E-state index in [-0.39, 0.29) is 12.3 Å². The summed E-state index contributed by atoms with van der Waals surface area (Å²) in [6.45, 7) is 4.91. The summed E-state index contributed by atoms with van der Waals surface area (Å²) >= 11 is 1.53. The highest BCUT2D eigenvalue weighted by Crippen LogP contribution is 2.11. The topological polar surface area (TPSA) is 171 Å². The first-order chi connectivity index (χ1) is 16.5. The van der Waals surface area contributed by atoms with Gasteiger partial charge >= 0.3 is 5.97 Å². The first-order valence-corrected chi connectivity index (χ1v) is 13.0. The van der Waals surface area contributed by atoms with Gasteiger partial charge in [0.25, 0.3) is 0 Å². The number of nitrogens with one attached hydrogen (secondary N) is 3. The fourth-order valence-electron chi connectivity index (χ4n) is 3.30. The third-order valence-electron chi connectivity index (χ3n) is 5.72. The van der Waals surface area contributed by atoms with Crippen molar-refractivity contribution in [1.82, 2.24) is 16.0 Å². The van der Waals surface area contributed by atoms with Crippen LogP contribution in [0.1, 0.15) is 39.2 Å². The lowest BCUT2D eigenvalue weighted by molar-refractivity contribution is -0.142. The molecule has 0 bridgehead atoms. The van der Waals surface area contributed by atoms with Crippen LogP contribution in [-0.2, 0) is 25.6 Å². The molecule has 0 aromatic heterocycles. The van der Waals surface area contributed by atoms with Crippen molar-refractivity contribution in [3.05, 3.63) is 35.9 Å². The van der Waals surface area contributed by atoms with Crippen molar-refractivity contribution in [2.45, 2.75) is 70.3 Å². The van der Waals surface area contributed by atoms with E-state index in [0.717, 1.165) is 5.56 Å². The smallest absolute Gasteiger partial charge is 0.326 e. The number of rotatable bonds is 15. The summed E-state index contributed by atoms with van der Waals surface area (Å²) in [6.07, 6.45) is 1.61. The van der Waals surface area contributed by atoms with E-state index in [9.17, 15) is 29.4 Å². The van der Waals surface area contributed by atoms with E-state index >= 15 is 0 Å². The SMILES string of the molecule is CCC(C)C(NC(=O)C(NC(=O)C(N)CCSC)C(C)O)C(=O)NC(Cc1ccccc1)C(=O)O. The second-order valence-corrected chi connectivity index (χ2v) is 9.56. The van der Waals surface area contributed by atoms with Gasteiger partial charge in [0.05, 0.1) is 12.1 Å². The van der Waals surface area contributed by atoms with Gasteiger partial charge in [0.15, 0.2) is 0 Å². The van der Waals surface area contributed by atoms with Gasteiger partial charge in [-0.3, -0.25) is 14.4 Å². The molecule has 0 aliphatic carbocycles. The van der Waals surface area contributed by atoms with Gasteiger partial charge < -0.3 is 31.9 Å². The number of amides is 3. The summed E-state index contributed by atoms with van der Waals surface area (Å²) in [7, 11) is 0. The Hall–Kier alpha value is -2.63. The van der Waals surface area contributed by atoms with Crippen molar-refractivity contribution in [1.29, 1.82) is 0 Å². The molecule has 6 unspecified atom stereocenters. The van der Waals surface area contributed by atoms with Gasteiger partial charge in [-0.05, 0) is 36.8 Å². The summed E-state index contributed by atoms with van der Waals surface area (Å²) < 4.78 is 0. The summed E-state index contributed by atoms with van der Waals surface area (Å²) in [5.74, 6) is -2.91. The molecule has 0 heterocycles. The van der Waals surface area contributed by atoms with Crippen molar-refractivity contribution in [2.24, 2.45) is 11.7 Å². The minimum Gasteiger partial charge on any atom is -0.480 e. The maximum Gasteiger partial charge on any atom is 0.326 e. The van der Waals surface area contributed by atoms with E-state index in [0.29, 0.717) is 18.6 Å². The maximum absolute atomic E-state index is 13.1. The van der Waals surface area contributed by atoms with Gasteiger partial charge in [0.1, 0.15) is 18.1 Å². The third kappa shape index (κ3) is 10.3. The van der Waals surface area contributed by atoms with Crippen molar-refractivity contribution >= 4 is 35.5 Å². The lowest BCUT2D eigenvalue weighted by Crippen LogP contribution is -2.61. The normalized spacial score (nSPS) is 16.2. The third-order valence-corrected chi connectivity index (χ3v) is 6.37.